The van der Waals surface area contributed by atoms with Crippen LogP contribution in [0, 0.1) is 18.8 Å². The van der Waals surface area contributed by atoms with Crippen molar-refractivity contribution >= 4 is 28.4 Å². The van der Waals surface area contributed by atoms with Gasteiger partial charge in [0.25, 0.3) is 0 Å². The topological polar surface area (TPSA) is 57.6 Å². The van der Waals surface area contributed by atoms with Crippen LogP contribution in [0.3, 0.4) is 0 Å². The van der Waals surface area contributed by atoms with Gasteiger partial charge in [0, 0.05) is 50.2 Å². The molecule has 2 aliphatic carbocycles. The fourth-order valence-corrected chi connectivity index (χ4v) is 7.04. The number of aryl methyl sites for hydroxylation is 1. The molecule has 2 atom stereocenters. The third kappa shape index (κ3) is 5.92. The molecule has 0 amide bonds. The molecule has 2 saturated carbocycles. The first kappa shape index (κ1) is 28.5. The molecule has 10 heteroatoms. The Kier molecular flexibility index (Phi) is 7.08. The minimum Gasteiger partial charge on any atom is -0.378 e. The molecule has 2 aliphatic heterocycles. The average molecular weight is 615 g/mol. The number of nitrogens with zero attached hydrogens (tertiary/aromatic N) is 6. The van der Waals surface area contributed by atoms with Gasteiger partial charge in [0.1, 0.15) is 5.82 Å². The fourth-order valence-electron chi connectivity index (χ4n) is 7.04. The number of rotatable bonds is 4. The van der Waals surface area contributed by atoms with Crippen LogP contribution in [-0.4, -0.2) is 54.3 Å². The van der Waals surface area contributed by atoms with E-state index >= 15 is 0 Å². The minimum atomic E-state index is -4.42. The lowest BCUT2D eigenvalue weighted by atomic mass is 10.00. The lowest BCUT2D eigenvalue weighted by Gasteiger charge is -2.31. The molecule has 2 bridgehead atoms. The smallest absolute Gasteiger partial charge is 0.378 e. The van der Waals surface area contributed by atoms with Gasteiger partial charge in [-0.05, 0) is 78.8 Å². The standard InChI is InChI=1S/C35H37F3N6O/c1-22-3-2-4-25-13-28-21-44(34-39-16-30(17-40-34)42-7-9-45-10-8-42)19-24-11-26(14-29(12-24)35(36,37)38)31-15-27(31)20-43(18-23-5-6-23)33(28)41-32(22)25/h2-4,11-14,16-17,23,27,31H,5-10,15,18-21H2,1H3. The first-order chi connectivity index (χ1) is 21.8. The van der Waals surface area contributed by atoms with Crippen LogP contribution < -0.4 is 14.7 Å². The summed E-state index contributed by atoms with van der Waals surface area (Å²) >= 11 is 0. The number of halogens is 3. The molecule has 3 fully saturated rings. The van der Waals surface area contributed by atoms with Crippen molar-refractivity contribution in [1.82, 2.24) is 15.0 Å². The van der Waals surface area contributed by atoms with Gasteiger partial charge in [-0.25, -0.2) is 15.0 Å². The summed E-state index contributed by atoms with van der Waals surface area (Å²) in [4.78, 5) is 21.5. The van der Waals surface area contributed by atoms with E-state index in [1.54, 1.807) is 0 Å². The van der Waals surface area contributed by atoms with Gasteiger partial charge < -0.3 is 19.4 Å². The number of anilines is 3. The zero-order chi connectivity index (χ0) is 30.7. The third-order valence-electron chi connectivity index (χ3n) is 9.75. The van der Waals surface area contributed by atoms with Gasteiger partial charge in [-0.2, -0.15) is 13.2 Å². The predicted octanol–water partition coefficient (Wildman–Crippen LogP) is 6.73. The number of para-hydroxylation sites is 1. The predicted molar refractivity (Wildman–Crippen MR) is 169 cm³/mol. The van der Waals surface area contributed by atoms with Gasteiger partial charge >= 0.3 is 6.18 Å². The SMILES string of the molecule is Cc1cccc2cc3c(nc12)N(CC1CC1)CC1CC1c1cc(cc(C(F)(F)F)c1)CN(c1ncc(N2CCOCC2)cn1)C3. The van der Waals surface area contributed by atoms with Gasteiger partial charge in [0.2, 0.25) is 5.95 Å². The van der Waals surface area contributed by atoms with Crippen molar-refractivity contribution in [1.29, 1.82) is 0 Å². The van der Waals surface area contributed by atoms with Crippen molar-refractivity contribution in [3.05, 3.63) is 82.7 Å². The van der Waals surface area contributed by atoms with Gasteiger partial charge in [0.05, 0.1) is 42.4 Å². The molecule has 4 aromatic rings. The highest BCUT2D eigenvalue weighted by Gasteiger charge is 2.43. The van der Waals surface area contributed by atoms with E-state index in [1.165, 1.54) is 25.0 Å². The third-order valence-corrected chi connectivity index (χ3v) is 9.75. The highest BCUT2D eigenvalue weighted by Crippen LogP contribution is 2.50. The maximum atomic E-state index is 14.2. The molecule has 1 saturated heterocycles. The number of pyridine rings is 1. The Morgan fingerprint density at radius 2 is 1.76 bits per heavy atom. The van der Waals surface area contributed by atoms with Crippen LogP contribution >= 0.6 is 0 Å². The van der Waals surface area contributed by atoms with E-state index in [-0.39, 0.29) is 12.5 Å². The summed E-state index contributed by atoms with van der Waals surface area (Å²) in [6.07, 6.45) is 2.52. The summed E-state index contributed by atoms with van der Waals surface area (Å²) in [5.41, 5.74) is 4.89. The Labute approximate surface area is 261 Å². The summed E-state index contributed by atoms with van der Waals surface area (Å²) in [7, 11) is 0. The van der Waals surface area contributed by atoms with E-state index in [0.29, 0.717) is 43.1 Å². The highest BCUT2D eigenvalue weighted by atomic mass is 19.4. The van der Waals surface area contributed by atoms with Crippen molar-refractivity contribution in [2.45, 2.75) is 51.4 Å². The Morgan fingerprint density at radius 1 is 0.956 bits per heavy atom. The molecular weight excluding hydrogens is 577 g/mol. The summed E-state index contributed by atoms with van der Waals surface area (Å²) in [6, 6.07) is 13.1. The van der Waals surface area contributed by atoms with E-state index in [2.05, 4.69) is 34.9 Å². The number of alkyl halides is 3. The molecule has 0 radical (unpaired) electrons. The molecule has 4 heterocycles. The Balaban J connectivity index is 1.25. The largest absolute Gasteiger partial charge is 0.416 e. The second-order valence-electron chi connectivity index (χ2n) is 13.2. The Hall–Kier alpha value is -3.92. The second kappa shape index (κ2) is 11.2. The first-order valence-corrected chi connectivity index (χ1v) is 16.0. The molecule has 2 aromatic carbocycles. The summed E-state index contributed by atoms with van der Waals surface area (Å²) in [5, 5.41) is 1.06. The zero-order valence-corrected chi connectivity index (χ0v) is 25.4. The van der Waals surface area contributed by atoms with Crippen molar-refractivity contribution in [2.24, 2.45) is 11.8 Å². The van der Waals surface area contributed by atoms with E-state index in [0.717, 1.165) is 71.7 Å². The molecule has 234 valence electrons. The van der Waals surface area contributed by atoms with Crippen LogP contribution in [0.25, 0.3) is 10.9 Å². The van der Waals surface area contributed by atoms with E-state index < -0.39 is 11.7 Å². The maximum Gasteiger partial charge on any atom is 0.416 e. The van der Waals surface area contributed by atoms with Gasteiger partial charge in [0.15, 0.2) is 0 Å². The quantitative estimate of drug-likeness (QED) is 0.253. The lowest BCUT2D eigenvalue weighted by Crippen LogP contribution is -2.36. The molecular formula is C35H37F3N6O. The summed E-state index contributed by atoms with van der Waals surface area (Å²) in [6.45, 7) is 7.32. The molecule has 0 N–H and O–H groups in total. The minimum absolute atomic E-state index is 0.107. The van der Waals surface area contributed by atoms with Crippen molar-refractivity contribution in [2.75, 3.05) is 54.1 Å². The second-order valence-corrected chi connectivity index (χ2v) is 13.2. The number of fused-ring (bicyclic) bond motifs is 6. The van der Waals surface area contributed by atoms with Crippen LogP contribution in [-0.2, 0) is 24.0 Å². The van der Waals surface area contributed by atoms with Gasteiger partial charge in [-0.1, -0.05) is 24.3 Å². The molecule has 8 rings (SSSR count). The maximum absolute atomic E-state index is 14.2. The van der Waals surface area contributed by atoms with Crippen LogP contribution in [0.15, 0.2) is 54.9 Å². The molecule has 45 heavy (non-hydrogen) atoms. The van der Waals surface area contributed by atoms with E-state index in [4.69, 9.17) is 19.7 Å². The van der Waals surface area contributed by atoms with E-state index in [9.17, 15) is 13.2 Å². The van der Waals surface area contributed by atoms with Crippen molar-refractivity contribution < 1.29 is 17.9 Å². The van der Waals surface area contributed by atoms with E-state index in [1.807, 2.05) is 29.4 Å². The lowest BCUT2D eigenvalue weighted by molar-refractivity contribution is -0.137. The summed E-state index contributed by atoms with van der Waals surface area (Å²) < 4.78 is 48.0. The molecule has 2 unspecified atom stereocenters. The number of morpholine rings is 1. The number of aromatic nitrogens is 3. The monoisotopic (exact) mass is 614 g/mol. The van der Waals surface area contributed by atoms with Crippen LogP contribution in [0.5, 0.6) is 0 Å². The van der Waals surface area contributed by atoms with Crippen LogP contribution in [0.4, 0.5) is 30.6 Å². The highest BCUT2D eigenvalue weighted by molar-refractivity contribution is 5.85. The van der Waals surface area contributed by atoms with Crippen LogP contribution in [0.1, 0.15) is 53.0 Å². The fraction of sp³-hybridized carbons (Fsp3) is 0.457. The Bertz CT molecular complexity index is 1720. The first-order valence-electron chi connectivity index (χ1n) is 16.0. The zero-order valence-electron chi connectivity index (χ0n) is 25.4. The number of ether oxygens (including phenoxy) is 1. The number of hydrogen-bond acceptors (Lipinski definition) is 7. The average Bonchev–Trinajstić information content (AvgIpc) is 3.98. The van der Waals surface area contributed by atoms with Crippen molar-refractivity contribution in [3.8, 4) is 0 Å². The Morgan fingerprint density at radius 3 is 2.51 bits per heavy atom. The summed E-state index contributed by atoms with van der Waals surface area (Å²) in [5.74, 6) is 2.50. The number of hydrogen-bond donors (Lipinski definition) is 0. The normalized spacial score (nSPS) is 22.0. The number of benzene rings is 2. The molecule has 2 aromatic heterocycles. The van der Waals surface area contributed by atoms with Crippen LogP contribution in [0.2, 0.25) is 0 Å². The molecule has 0 spiro atoms. The molecule has 4 aliphatic rings. The van der Waals surface area contributed by atoms with Crippen molar-refractivity contribution in [3.63, 3.8) is 0 Å². The van der Waals surface area contributed by atoms with Gasteiger partial charge in [-0.3, -0.25) is 0 Å². The van der Waals surface area contributed by atoms with Gasteiger partial charge in [-0.15, -0.1) is 0 Å². The molecule has 7 nitrogen and oxygen atoms in total.